The van der Waals surface area contributed by atoms with Gasteiger partial charge in [-0.05, 0) is 12.1 Å². The Morgan fingerprint density at radius 1 is 1.67 bits per heavy atom. The van der Waals surface area contributed by atoms with Crippen molar-refractivity contribution >= 4 is 0 Å². The fraction of sp³-hybridized carbons (Fsp3) is 0.333. The highest BCUT2D eigenvalue weighted by Crippen LogP contribution is 1.97. The van der Waals surface area contributed by atoms with Crippen LogP contribution in [0.3, 0.4) is 0 Å². The van der Waals surface area contributed by atoms with Crippen LogP contribution in [0.2, 0.25) is 0 Å². The summed E-state index contributed by atoms with van der Waals surface area (Å²) in [7, 11) is 2.05. The first-order valence-electron chi connectivity index (χ1n) is 3.76. The van der Waals surface area contributed by atoms with E-state index >= 15 is 0 Å². The van der Waals surface area contributed by atoms with Gasteiger partial charge in [-0.25, -0.2) is 0 Å². The van der Waals surface area contributed by atoms with Crippen molar-refractivity contribution in [2.45, 2.75) is 6.54 Å². The van der Waals surface area contributed by atoms with Crippen LogP contribution in [-0.4, -0.2) is 11.1 Å². The highest BCUT2D eigenvalue weighted by atomic mass is 35.5. The van der Waals surface area contributed by atoms with E-state index in [9.17, 15) is 0 Å². The minimum absolute atomic E-state index is 0. The number of rotatable bonds is 4. The highest BCUT2D eigenvalue weighted by molar-refractivity contribution is 5.05. The zero-order chi connectivity index (χ0) is 8.10. The van der Waals surface area contributed by atoms with Crippen molar-refractivity contribution in [3.63, 3.8) is 0 Å². The third kappa shape index (κ3) is 3.11. The van der Waals surface area contributed by atoms with E-state index in [-0.39, 0.29) is 12.4 Å². The molecule has 0 amide bonds. The molecular weight excluding hydrogens is 172 g/mol. The molecule has 0 bridgehead atoms. The average Bonchev–Trinajstić information content (AvgIpc) is 2.37. The van der Waals surface area contributed by atoms with Gasteiger partial charge in [0.05, 0.1) is 0 Å². The molecule has 1 aromatic heterocycles. The summed E-state index contributed by atoms with van der Waals surface area (Å²) < 4.78 is 2.11. The molecule has 2 nitrogen and oxygen atoms in total. The molecule has 3 heteroatoms. The molecular formula is C9H14ClN2-. The van der Waals surface area contributed by atoms with Crippen molar-refractivity contribution < 1.29 is 12.4 Å². The van der Waals surface area contributed by atoms with Gasteiger partial charge in [-0.3, -0.25) is 0 Å². The van der Waals surface area contributed by atoms with Crippen LogP contribution >= 0.6 is 0 Å². The first-order valence-corrected chi connectivity index (χ1v) is 3.76. The second kappa shape index (κ2) is 5.86. The molecule has 1 rings (SSSR count). The quantitative estimate of drug-likeness (QED) is 0.438. The molecule has 0 aliphatic rings. The summed E-state index contributed by atoms with van der Waals surface area (Å²) in [5, 5.41) is 3.24. The van der Waals surface area contributed by atoms with Gasteiger partial charge in [0.15, 0.2) is 0 Å². The molecule has 0 radical (unpaired) electrons. The summed E-state index contributed by atoms with van der Waals surface area (Å²) in [5.74, 6) is 0. The van der Waals surface area contributed by atoms with Gasteiger partial charge in [0.1, 0.15) is 0 Å². The standard InChI is InChI=1S/C9H14N2.ClH/c1-3-6-10-8-9-5-4-7-11(9)2;/h3-5,7,10H,1,6,8H2,2H3;1H/p-1. The monoisotopic (exact) mass is 185 g/mol. The van der Waals surface area contributed by atoms with E-state index in [4.69, 9.17) is 0 Å². The second-order valence-corrected chi connectivity index (χ2v) is 2.53. The van der Waals surface area contributed by atoms with Crippen LogP contribution in [0.25, 0.3) is 0 Å². The number of hydrogen-bond acceptors (Lipinski definition) is 1. The number of halogens is 1. The SMILES string of the molecule is C=CCNCc1cccn1C.[Cl-]. The topological polar surface area (TPSA) is 17.0 Å². The van der Waals surface area contributed by atoms with Gasteiger partial charge in [0.2, 0.25) is 0 Å². The zero-order valence-corrected chi connectivity index (χ0v) is 8.01. The van der Waals surface area contributed by atoms with E-state index in [2.05, 4.69) is 22.5 Å². The van der Waals surface area contributed by atoms with Crippen LogP contribution in [0.1, 0.15) is 5.69 Å². The summed E-state index contributed by atoms with van der Waals surface area (Å²) in [6, 6.07) is 4.15. The van der Waals surface area contributed by atoms with E-state index in [1.54, 1.807) is 0 Å². The van der Waals surface area contributed by atoms with E-state index in [0.29, 0.717) is 0 Å². The minimum atomic E-state index is 0. The number of nitrogens with zero attached hydrogens (tertiary/aromatic N) is 1. The Morgan fingerprint density at radius 2 is 2.42 bits per heavy atom. The third-order valence-electron chi connectivity index (χ3n) is 1.65. The smallest absolute Gasteiger partial charge is 0.0361 e. The third-order valence-corrected chi connectivity index (χ3v) is 1.65. The molecule has 0 aliphatic heterocycles. The van der Waals surface area contributed by atoms with Gasteiger partial charge < -0.3 is 22.3 Å². The predicted octanol–water partition coefficient (Wildman–Crippen LogP) is -1.70. The fourth-order valence-electron chi connectivity index (χ4n) is 0.982. The molecule has 0 saturated heterocycles. The number of nitrogens with one attached hydrogen (secondary N) is 1. The van der Waals surface area contributed by atoms with Crippen LogP contribution in [0, 0.1) is 0 Å². The lowest BCUT2D eigenvalue weighted by atomic mass is 10.4. The summed E-state index contributed by atoms with van der Waals surface area (Å²) in [4.78, 5) is 0. The largest absolute Gasteiger partial charge is 1.00 e. The molecule has 0 fully saturated rings. The van der Waals surface area contributed by atoms with Gasteiger partial charge in [0, 0.05) is 32.0 Å². The van der Waals surface area contributed by atoms with Crippen molar-refractivity contribution in [1.82, 2.24) is 9.88 Å². The predicted molar refractivity (Wildman–Crippen MR) is 47.3 cm³/mol. The van der Waals surface area contributed by atoms with Crippen LogP contribution in [0.4, 0.5) is 0 Å². The lowest BCUT2D eigenvalue weighted by Crippen LogP contribution is -3.00. The summed E-state index contributed by atoms with van der Waals surface area (Å²) >= 11 is 0. The first kappa shape index (κ1) is 11.3. The molecule has 0 unspecified atom stereocenters. The lowest BCUT2D eigenvalue weighted by molar-refractivity contribution is -0.00000239. The molecule has 0 atom stereocenters. The van der Waals surface area contributed by atoms with Gasteiger partial charge in [-0.2, -0.15) is 0 Å². The lowest BCUT2D eigenvalue weighted by Gasteiger charge is -2.02. The first-order chi connectivity index (χ1) is 5.34. The van der Waals surface area contributed by atoms with Crippen LogP contribution in [-0.2, 0) is 13.6 Å². The van der Waals surface area contributed by atoms with E-state index < -0.39 is 0 Å². The Bertz CT molecular complexity index is 230. The summed E-state index contributed by atoms with van der Waals surface area (Å²) in [5.41, 5.74) is 1.30. The number of hydrogen-bond donors (Lipinski definition) is 1. The Kier molecular flexibility index (Phi) is 5.51. The van der Waals surface area contributed by atoms with Gasteiger partial charge in [-0.15, -0.1) is 6.58 Å². The summed E-state index contributed by atoms with van der Waals surface area (Å²) in [6.07, 6.45) is 3.91. The van der Waals surface area contributed by atoms with Gasteiger partial charge >= 0.3 is 0 Å². The van der Waals surface area contributed by atoms with E-state index in [1.807, 2.05) is 25.4 Å². The zero-order valence-electron chi connectivity index (χ0n) is 7.26. The van der Waals surface area contributed by atoms with Crippen molar-refractivity contribution in [2.75, 3.05) is 6.54 Å². The maximum absolute atomic E-state index is 3.63. The maximum atomic E-state index is 3.63. The molecule has 12 heavy (non-hydrogen) atoms. The van der Waals surface area contributed by atoms with Crippen molar-refractivity contribution in [3.8, 4) is 0 Å². The van der Waals surface area contributed by atoms with Gasteiger partial charge in [0.25, 0.3) is 0 Å². The molecule has 1 heterocycles. The van der Waals surface area contributed by atoms with Gasteiger partial charge in [-0.1, -0.05) is 6.08 Å². The minimum Gasteiger partial charge on any atom is -1.00 e. The van der Waals surface area contributed by atoms with Crippen LogP contribution in [0.5, 0.6) is 0 Å². The molecule has 0 aromatic carbocycles. The second-order valence-electron chi connectivity index (χ2n) is 2.53. The van der Waals surface area contributed by atoms with E-state index in [0.717, 1.165) is 13.1 Å². The normalized spacial score (nSPS) is 9.08. The number of aryl methyl sites for hydroxylation is 1. The average molecular weight is 186 g/mol. The van der Waals surface area contributed by atoms with Crippen LogP contribution in [0.15, 0.2) is 31.0 Å². The highest BCUT2D eigenvalue weighted by Gasteiger charge is 1.93. The Balaban J connectivity index is 0.00000121. The Morgan fingerprint density at radius 3 is 2.92 bits per heavy atom. The van der Waals surface area contributed by atoms with Crippen molar-refractivity contribution in [3.05, 3.63) is 36.7 Å². The Labute approximate surface area is 79.7 Å². The Hall–Kier alpha value is -0.730. The molecule has 1 aromatic rings. The molecule has 68 valence electrons. The molecule has 0 aliphatic carbocycles. The van der Waals surface area contributed by atoms with Crippen LogP contribution < -0.4 is 17.7 Å². The molecule has 0 saturated carbocycles. The van der Waals surface area contributed by atoms with Crippen molar-refractivity contribution in [1.29, 1.82) is 0 Å². The van der Waals surface area contributed by atoms with E-state index in [1.165, 1.54) is 5.69 Å². The van der Waals surface area contributed by atoms with Crippen molar-refractivity contribution in [2.24, 2.45) is 7.05 Å². The fourth-order valence-corrected chi connectivity index (χ4v) is 0.982. The maximum Gasteiger partial charge on any atom is 0.0361 e. The summed E-state index contributed by atoms with van der Waals surface area (Å²) in [6.45, 7) is 5.41. The molecule has 0 spiro atoms. The molecule has 1 N–H and O–H groups in total. The number of aromatic nitrogens is 1.